The lowest BCUT2D eigenvalue weighted by atomic mass is 10.2. The molecule has 0 unspecified atom stereocenters. The fraction of sp³-hybridized carbons (Fsp3) is 0.263. The Morgan fingerprint density at radius 2 is 1.86 bits per heavy atom. The highest BCUT2D eigenvalue weighted by molar-refractivity contribution is 7.92. The Bertz CT molecular complexity index is 1120. The number of nitrogens with zero attached hydrogens (tertiary/aromatic N) is 2. The van der Waals surface area contributed by atoms with E-state index in [1.807, 2.05) is 0 Å². The van der Waals surface area contributed by atoms with E-state index in [1.54, 1.807) is 29.2 Å². The standard InChI is InChI=1S/C19H19N3O5S/c1-26-14-6-4-13(5-7-14)21-28(24,25)15-8-9-17-16(12-15)18(20-27-17)19(23)22-10-2-3-11-22/h4-9,12,21H,2-3,10-11H2,1H3. The molecule has 0 bridgehead atoms. The number of hydrogen-bond donors (Lipinski definition) is 1. The number of ether oxygens (including phenoxy) is 1. The van der Waals surface area contributed by atoms with E-state index < -0.39 is 10.0 Å². The number of hydrogen-bond acceptors (Lipinski definition) is 6. The molecule has 0 spiro atoms. The maximum Gasteiger partial charge on any atom is 0.276 e. The van der Waals surface area contributed by atoms with Gasteiger partial charge in [-0.15, -0.1) is 0 Å². The number of rotatable bonds is 5. The Balaban J connectivity index is 1.65. The maximum atomic E-state index is 12.8. The Labute approximate surface area is 162 Å². The molecule has 1 N–H and O–H groups in total. The largest absolute Gasteiger partial charge is 0.497 e. The first-order valence-electron chi connectivity index (χ1n) is 8.83. The van der Waals surface area contributed by atoms with Gasteiger partial charge in [-0.1, -0.05) is 5.16 Å². The van der Waals surface area contributed by atoms with Gasteiger partial charge in [0.1, 0.15) is 5.75 Å². The first-order valence-corrected chi connectivity index (χ1v) is 10.3. The minimum atomic E-state index is -3.85. The molecule has 1 saturated heterocycles. The van der Waals surface area contributed by atoms with E-state index in [0.29, 0.717) is 35.5 Å². The maximum absolute atomic E-state index is 12.8. The summed E-state index contributed by atoms with van der Waals surface area (Å²) in [7, 11) is -2.31. The molecule has 1 aliphatic rings. The lowest BCUT2D eigenvalue weighted by molar-refractivity contribution is 0.0784. The van der Waals surface area contributed by atoms with Gasteiger partial charge in [0.15, 0.2) is 11.3 Å². The number of methoxy groups -OCH3 is 1. The van der Waals surface area contributed by atoms with Crippen LogP contribution in [0.3, 0.4) is 0 Å². The fourth-order valence-corrected chi connectivity index (χ4v) is 4.27. The van der Waals surface area contributed by atoms with Crippen molar-refractivity contribution < 1.29 is 22.5 Å². The van der Waals surface area contributed by atoms with Crippen molar-refractivity contribution >= 4 is 32.6 Å². The molecule has 0 radical (unpaired) electrons. The number of aromatic nitrogens is 1. The van der Waals surface area contributed by atoms with E-state index in [-0.39, 0.29) is 16.5 Å². The minimum absolute atomic E-state index is 0.0227. The van der Waals surface area contributed by atoms with Crippen LogP contribution in [-0.2, 0) is 10.0 Å². The second kappa shape index (κ2) is 7.16. The third-order valence-electron chi connectivity index (χ3n) is 4.69. The first-order chi connectivity index (χ1) is 13.5. The van der Waals surface area contributed by atoms with Gasteiger partial charge in [0.25, 0.3) is 15.9 Å². The molecule has 8 nitrogen and oxygen atoms in total. The lowest BCUT2D eigenvalue weighted by Gasteiger charge is -2.13. The van der Waals surface area contributed by atoms with Crippen LogP contribution in [0.1, 0.15) is 23.3 Å². The van der Waals surface area contributed by atoms with Gasteiger partial charge in [-0.05, 0) is 55.3 Å². The van der Waals surface area contributed by atoms with Crippen molar-refractivity contribution in [2.45, 2.75) is 17.7 Å². The van der Waals surface area contributed by atoms with Crippen LogP contribution < -0.4 is 9.46 Å². The van der Waals surface area contributed by atoms with Gasteiger partial charge in [0.2, 0.25) is 0 Å². The molecule has 4 rings (SSSR count). The summed E-state index contributed by atoms with van der Waals surface area (Å²) >= 11 is 0. The van der Waals surface area contributed by atoms with Gasteiger partial charge in [0.05, 0.1) is 17.4 Å². The molecular weight excluding hydrogens is 382 g/mol. The first kappa shape index (κ1) is 18.3. The summed E-state index contributed by atoms with van der Waals surface area (Å²) in [6, 6.07) is 10.9. The second-order valence-electron chi connectivity index (χ2n) is 6.52. The molecule has 1 amide bonds. The Morgan fingerprint density at radius 3 is 2.54 bits per heavy atom. The number of likely N-dealkylation sites (tertiary alicyclic amines) is 1. The predicted molar refractivity (Wildman–Crippen MR) is 103 cm³/mol. The number of nitrogens with one attached hydrogen (secondary N) is 1. The summed E-state index contributed by atoms with van der Waals surface area (Å²) in [5.74, 6) is 0.382. The van der Waals surface area contributed by atoms with Crippen LogP contribution >= 0.6 is 0 Å². The van der Waals surface area contributed by atoms with Crippen molar-refractivity contribution in [3.8, 4) is 5.75 Å². The highest BCUT2D eigenvalue weighted by atomic mass is 32.2. The number of amides is 1. The van der Waals surface area contributed by atoms with Crippen molar-refractivity contribution in [2.75, 3.05) is 24.9 Å². The van der Waals surface area contributed by atoms with E-state index in [0.717, 1.165) is 12.8 Å². The van der Waals surface area contributed by atoms with Gasteiger partial charge in [-0.2, -0.15) is 0 Å². The van der Waals surface area contributed by atoms with Crippen LogP contribution in [0, 0.1) is 0 Å². The minimum Gasteiger partial charge on any atom is -0.497 e. The van der Waals surface area contributed by atoms with Crippen molar-refractivity contribution in [2.24, 2.45) is 0 Å². The van der Waals surface area contributed by atoms with Gasteiger partial charge in [0, 0.05) is 18.8 Å². The second-order valence-corrected chi connectivity index (χ2v) is 8.20. The van der Waals surface area contributed by atoms with Crippen LogP contribution in [-0.4, -0.2) is 44.6 Å². The average Bonchev–Trinajstić information content (AvgIpc) is 3.37. The van der Waals surface area contributed by atoms with Crippen molar-refractivity contribution in [3.05, 3.63) is 48.2 Å². The highest BCUT2D eigenvalue weighted by Gasteiger charge is 2.26. The summed E-state index contributed by atoms with van der Waals surface area (Å²) in [4.78, 5) is 14.4. The van der Waals surface area contributed by atoms with Gasteiger partial charge in [-0.3, -0.25) is 9.52 Å². The van der Waals surface area contributed by atoms with Crippen molar-refractivity contribution in [1.29, 1.82) is 0 Å². The molecule has 1 aromatic heterocycles. The van der Waals surface area contributed by atoms with E-state index in [1.165, 1.54) is 25.3 Å². The van der Waals surface area contributed by atoms with E-state index in [4.69, 9.17) is 9.26 Å². The molecule has 9 heteroatoms. The van der Waals surface area contributed by atoms with Gasteiger partial charge in [-0.25, -0.2) is 8.42 Å². The molecule has 0 aliphatic carbocycles. The molecule has 0 atom stereocenters. The quantitative estimate of drug-likeness (QED) is 0.705. The average molecular weight is 401 g/mol. The molecule has 3 aromatic rings. The fourth-order valence-electron chi connectivity index (χ4n) is 3.18. The monoisotopic (exact) mass is 401 g/mol. The molecule has 2 heterocycles. The number of carbonyl (C=O) groups is 1. The van der Waals surface area contributed by atoms with E-state index in [2.05, 4.69) is 9.88 Å². The molecule has 0 saturated carbocycles. The molecule has 28 heavy (non-hydrogen) atoms. The highest BCUT2D eigenvalue weighted by Crippen LogP contribution is 2.26. The SMILES string of the molecule is COc1ccc(NS(=O)(=O)c2ccc3onc(C(=O)N4CCCC4)c3c2)cc1. The van der Waals surface area contributed by atoms with E-state index >= 15 is 0 Å². The normalized spacial score (nSPS) is 14.4. The molecule has 146 valence electrons. The summed E-state index contributed by atoms with van der Waals surface area (Å²) < 4.78 is 38.3. The zero-order valence-corrected chi connectivity index (χ0v) is 16.0. The molecule has 2 aromatic carbocycles. The lowest BCUT2D eigenvalue weighted by Crippen LogP contribution is -2.28. The Morgan fingerprint density at radius 1 is 1.14 bits per heavy atom. The number of anilines is 1. The van der Waals surface area contributed by atoms with Crippen LogP contribution in [0.2, 0.25) is 0 Å². The van der Waals surface area contributed by atoms with Crippen molar-refractivity contribution in [1.82, 2.24) is 10.1 Å². The smallest absolute Gasteiger partial charge is 0.276 e. The van der Waals surface area contributed by atoms with Crippen molar-refractivity contribution in [3.63, 3.8) is 0 Å². The zero-order valence-electron chi connectivity index (χ0n) is 15.2. The Hall–Kier alpha value is -3.07. The number of benzene rings is 2. The number of sulfonamides is 1. The summed E-state index contributed by atoms with van der Waals surface area (Å²) in [5, 5.41) is 4.25. The van der Waals surface area contributed by atoms with Gasteiger partial charge < -0.3 is 14.2 Å². The van der Waals surface area contributed by atoms with E-state index in [9.17, 15) is 13.2 Å². The molecule has 1 fully saturated rings. The predicted octanol–water partition coefficient (Wildman–Crippen LogP) is 2.87. The van der Waals surface area contributed by atoms with Crippen LogP contribution in [0.4, 0.5) is 5.69 Å². The molecular formula is C19H19N3O5S. The number of fused-ring (bicyclic) bond motifs is 1. The van der Waals surface area contributed by atoms with Crippen LogP contribution in [0.5, 0.6) is 5.75 Å². The third kappa shape index (κ3) is 3.40. The summed E-state index contributed by atoms with van der Waals surface area (Å²) in [5.41, 5.74) is 0.906. The summed E-state index contributed by atoms with van der Waals surface area (Å²) in [6.45, 7) is 1.34. The zero-order chi connectivity index (χ0) is 19.7. The topological polar surface area (TPSA) is 102 Å². The van der Waals surface area contributed by atoms with Gasteiger partial charge >= 0.3 is 0 Å². The van der Waals surface area contributed by atoms with Crippen LogP contribution in [0.15, 0.2) is 51.9 Å². The number of carbonyl (C=O) groups excluding carboxylic acids is 1. The Kier molecular flexibility index (Phi) is 4.68. The third-order valence-corrected chi connectivity index (χ3v) is 6.07. The van der Waals surface area contributed by atoms with Crippen LogP contribution in [0.25, 0.3) is 11.0 Å². The summed E-state index contributed by atoms with van der Waals surface area (Å²) in [6.07, 6.45) is 1.90. The molecule has 1 aliphatic heterocycles.